The Kier molecular flexibility index (Phi) is 4.43. The molecule has 1 aromatic heterocycles. The normalized spacial score (nSPS) is 16.1. The summed E-state index contributed by atoms with van der Waals surface area (Å²) in [6.07, 6.45) is 0.953. The summed E-state index contributed by atoms with van der Waals surface area (Å²) in [5, 5.41) is 2.44. The van der Waals surface area contributed by atoms with Gasteiger partial charge in [-0.25, -0.2) is 11.6 Å². The molecule has 0 amide bonds. The highest BCUT2D eigenvalue weighted by Gasteiger charge is 2.25. The first kappa shape index (κ1) is 18.5. The molecule has 2 heterocycles. The molecule has 0 saturated heterocycles. The lowest BCUT2D eigenvalue weighted by atomic mass is 10.1. The van der Waals surface area contributed by atoms with Crippen LogP contribution in [0, 0.1) is 13.1 Å². The molecule has 0 radical (unpaired) electrons. The molecule has 0 spiro atoms. The number of para-hydroxylation sites is 2. The summed E-state index contributed by atoms with van der Waals surface area (Å²) < 4.78 is 2.26. The molecular weight excluding hydrogens is 382 g/mol. The van der Waals surface area contributed by atoms with Crippen molar-refractivity contribution >= 4 is 39.1 Å². The second-order valence-corrected chi connectivity index (χ2v) is 7.30. The van der Waals surface area contributed by atoms with Crippen LogP contribution in [0.4, 0.5) is 0 Å². The second-order valence-electron chi connectivity index (χ2n) is 7.30. The fourth-order valence-electron chi connectivity index (χ4n) is 4.00. The Morgan fingerprint density at radius 2 is 1.45 bits per heavy atom. The minimum atomic E-state index is -0.872. The molecule has 0 bridgehead atoms. The average molecular weight is 399 g/mol. The maximum Gasteiger partial charge on any atom is 0.371 e. The van der Waals surface area contributed by atoms with E-state index in [0.29, 0.717) is 11.4 Å². The Balaban J connectivity index is 1.63. The van der Waals surface area contributed by atoms with Crippen molar-refractivity contribution in [3.05, 3.63) is 107 Å². The number of benzene rings is 3. The highest BCUT2D eigenvalue weighted by atomic mass is 15.1. The van der Waals surface area contributed by atoms with Crippen LogP contribution in [0.1, 0.15) is 12.5 Å². The van der Waals surface area contributed by atoms with Gasteiger partial charge in [-0.3, -0.25) is 4.85 Å². The molecule has 0 aliphatic carbocycles. The van der Waals surface area contributed by atoms with E-state index in [1.807, 2.05) is 25.1 Å². The van der Waals surface area contributed by atoms with Crippen molar-refractivity contribution in [2.45, 2.75) is 13.1 Å². The molecule has 1 atom stereocenters. The van der Waals surface area contributed by atoms with Crippen molar-refractivity contribution in [2.24, 2.45) is 9.98 Å². The number of fused-ring (bicyclic) bond motifs is 3. The van der Waals surface area contributed by atoms with Crippen LogP contribution in [0.5, 0.6) is 0 Å². The molecule has 5 rings (SSSR count). The minimum absolute atomic E-state index is 0.101. The van der Waals surface area contributed by atoms with Gasteiger partial charge < -0.3 is 9.41 Å². The second kappa shape index (κ2) is 7.40. The van der Waals surface area contributed by atoms with Crippen molar-refractivity contribution in [3.8, 4) is 5.69 Å². The smallest absolute Gasteiger partial charge is 0.356 e. The van der Waals surface area contributed by atoms with Gasteiger partial charge in [0.05, 0.1) is 11.0 Å². The molecule has 5 heteroatoms. The molecule has 0 saturated carbocycles. The van der Waals surface area contributed by atoms with E-state index in [9.17, 15) is 0 Å². The van der Waals surface area contributed by atoms with Gasteiger partial charge in [0.15, 0.2) is 5.70 Å². The maximum atomic E-state index is 7.38. The van der Waals surface area contributed by atoms with Gasteiger partial charge in [-0.05, 0) is 43.3 Å². The lowest BCUT2D eigenvalue weighted by molar-refractivity contribution is 1.08. The quantitative estimate of drug-likeness (QED) is 0.362. The highest BCUT2D eigenvalue weighted by molar-refractivity contribution is 6.10. The first-order valence-electron chi connectivity index (χ1n) is 9.87. The van der Waals surface area contributed by atoms with Gasteiger partial charge in [0, 0.05) is 33.8 Å². The van der Waals surface area contributed by atoms with Crippen LogP contribution in [-0.2, 0) is 0 Å². The number of aromatic nitrogens is 1. The molecular formula is C26H17N5. The van der Waals surface area contributed by atoms with Crippen LogP contribution in [-0.4, -0.2) is 22.3 Å². The topological polar surface area (TPSA) is 38.4 Å². The highest BCUT2D eigenvalue weighted by Crippen LogP contribution is 2.32. The minimum Gasteiger partial charge on any atom is -0.356 e. The van der Waals surface area contributed by atoms with Gasteiger partial charge in [0.1, 0.15) is 0 Å². The number of allylic oxidation sites excluding steroid dienone is 1. The van der Waals surface area contributed by atoms with E-state index in [4.69, 9.17) is 13.1 Å². The van der Waals surface area contributed by atoms with Crippen LogP contribution in [0.3, 0.4) is 0 Å². The number of hydrogen-bond donors (Lipinski definition) is 0. The largest absolute Gasteiger partial charge is 0.371 e. The van der Waals surface area contributed by atoms with Crippen LogP contribution < -0.4 is 0 Å². The van der Waals surface area contributed by atoms with Gasteiger partial charge >= 0.3 is 12.0 Å². The predicted octanol–water partition coefficient (Wildman–Crippen LogP) is 6.16. The molecule has 4 aromatic rings. The summed E-state index contributed by atoms with van der Waals surface area (Å²) in [6.45, 7) is 16.5. The number of rotatable bonds is 2. The molecule has 3 aromatic carbocycles. The summed E-state index contributed by atoms with van der Waals surface area (Å²) in [4.78, 5) is 15.6. The number of nitrogens with zero attached hydrogens (tertiary/aromatic N) is 5. The maximum absolute atomic E-state index is 7.38. The van der Waals surface area contributed by atoms with E-state index in [1.54, 1.807) is 0 Å². The summed E-state index contributed by atoms with van der Waals surface area (Å²) in [5.74, 6) is 0.101. The van der Waals surface area contributed by atoms with E-state index >= 15 is 0 Å². The molecule has 146 valence electrons. The monoisotopic (exact) mass is 399 g/mol. The standard InChI is InChI=1S/C26H17N5/c1-17-16-22(30-26(28-3)25(27-2)29-17)18-12-14-19(15-13-18)31-23-10-6-4-8-20(23)21-9-5-7-11-24(21)31/h4-16,25H,1H3. The fraction of sp³-hybridized carbons (Fsp3) is 0.0769. The van der Waals surface area contributed by atoms with Crippen LogP contribution in [0.25, 0.3) is 42.9 Å². The Bertz CT molecular complexity index is 1450. The van der Waals surface area contributed by atoms with E-state index in [0.717, 1.165) is 22.3 Å². The molecule has 31 heavy (non-hydrogen) atoms. The Morgan fingerprint density at radius 1 is 0.839 bits per heavy atom. The summed E-state index contributed by atoms with van der Waals surface area (Å²) in [5.41, 5.74) is 5.57. The van der Waals surface area contributed by atoms with Crippen molar-refractivity contribution in [1.82, 2.24) is 4.57 Å². The number of hydrogen-bond acceptors (Lipinski definition) is 2. The van der Waals surface area contributed by atoms with Gasteiger partial charge in [-0.1, -0.05) is 43.0 Å². The van der Waals surface area contributed by atoms with Gasteiger partial charge in [-0.15, -0.1) is 4.99 Å². The Morgan fingerprint density at radius 3 is 2.03 bits per heavy atom. The van der Waals surface area contributed by atoms with Crippen molar-refractivity contribution < 1.29 is 0 Å². The third-order valence-electron chi connectivity index (χ3n) is 5.38. The third-order valence-corrected chi connectivity index (χ3v) is 5.38. The van der Waals surface area contributed by atoms with Crippen molar-refractivity contribution in [3.63, 3.8) is 0 Å². The first-order chi connectivity index (χ1) is 15.2. The van der Waals surface area contributed by atoms with Crippen LogP contribution in [0.2, 0.25) is 0 Å². The number of amidine groups is 1. The molecule has 0 N–H and O–H groups in total. The van der Waals surface area contributed by atoms with Crippen molar-refractivity contribution in [1.29, 1.82) is 0 Å². The van der Waals surface area contributed by atoms with Crippen molar-refractivity contribution in [2.75, 3.05) is 0 Å². The zero-order chi connectivity index (χ0) is 21.4. The first-order valence-corrected chi connectivity index (χ1v) is 9.87. The van der Waals surface area contributed by atoms with E-state index in [1.165, 1.54) is 10.8 Å². The zero-order valence-corrected chi connectivity index (χ0v) is 16.8. The summed E-state index contributed by atoms with van der Waals surface area (Å²) in [7, 11) is 0. The van der Waals surface area contributed by atoms with Gasteiger partial charge in [-0.2, -0.15) is 0 Å². The fourth-order valence-corrected chi connectivity index (χ4v) is 4.00. The SMILES string of the molecule is [C-]#[N+]C1=NC(c2ccc(-n3c4ccccc4c4ccccc43)cc2)=CC(C)=NC1[N+]#[C-]. The third kappa shape index (κ3) is 3.10. The lowest BCUT2D eigenvalue weighted by Crippen LogP contribution is -2.10. The summed E-state index contributed by atoms with van der Waals surface area (Å²) >= 11 is 0. The molecule has 0 fully saturated rings. The van der Waals surface area contributed by atoms with Gasteiger partial charge in [0.2, 0.25) is 0 Å². The van der Waals surface area contributed by atoms with E-state index < -0.39 is 6.17 Å². The lowest BCUT2D eigenvalue weighted by Gasteiger charge is -2.08. The predicted molar refractivity (Wildman–Crippen MR) is 126 cm³/mol. The number of aliphatic imine (C=N–C) groups is 2. The molecule has 5 nitrogen and oxygen atoms in total. The van der Waals surface area contributed by atoms with Crippen LogP contribution in [0.15, 0.2) is 88.9 Å². The molecule has 1 aliphatic rings. The summed E-state index contributed by atoms with van der Waals surface area (Å²) in [6, 6.07) is 24.9. The van der Waals surface area contributed by atoms with Crippen LogP contribution >= 0.6 is 0 Å². The zero-order valence-electron chi connectivity index (χ0n) is 16.8. The Hall–Kier alpha value is -4.48. The molecule has 1 unspecified atom stereocenters. The van der Waals surface area contributed by atoms with E-state index in [-0.39, 0.29) is 5.84 Å². The van der Waals surface area contributed by atoms with Gasteiger partial charge in [0.25, 0.3) is 0 Å². The molecule has 1 aliphatic heterocycles. The van der Waals surface area contributed by atoms with E-state index in [2.05, 4.69) is 84.9 Å². The Labute approximate surface area is 179 Å². The average Bonchev–Trinajstić information content (AvgIpc) is 3.05.